The van der Waals surface area contributed by atoms with E-state index in [-0.39, 0.29) is 11.7 Å². The first-order valence-corrected chi connectivity index (χ1v) is 8.62. The lowest BCUT2D eigenvalue weighted by Crippen LogP contribution is -2.28. The number of aliphatic imine (C=N–C) groups is 1. The minimum atomic E-state index is -0.301. The molecule has 0 spiro atoms. The molecule has 1 heterocycles. The summed E-state index contributed by atoms with van der Waals surface area (Å²) in [5.41, 5.74) is 1.52. The molecule has 3 rings (SSSR count). The number of likely N-dealkylation sites (N-methyl/N-ethyl adjacent to an activating group) is 1. The highest BCUT2D eigenvalue weighted by atomic mass is 32.2. The molecule has 0 aromatic heterocycles. The summed E-state index contributed by atoms with van der Waals surface area (Å²) < 4.78 is 18.2. The van der Waals surface area contributed by atoms with Gasteiger partial charge in [0.25, 0.3) is 5.91 Å². The number of hydrogen-bond acceptors (Lipinski definition) is 4. The van der Waals surface area contributed by atoms with Crippen LogP contribution in [-0.4, -0.2) is 29.6 Å². The molecule has 0 radical (unpaired) electrons. The molecule has 0 aliphatic carbocycles. The molecule has 0 saturated carbocycles. The molecule has 2 aromatic rings. The van der Waals surface area contributed by atoms with E-state index in [9.17, 15) is 9.18 Å². The first-order valence-electron chi connectivity index (χ1n) is 7.80. The molecule has 2 aromatic carbocycles. The Labute approximate surface area is 150 Å². The van der Waals surface area contributed by atoms with Crippen molar-refractivity contribution >= 4 is 34.6 Å². The zero-order valence-electron chi connectivity index (χ0n) is 13.9. The van der Waals surface area contributed by atoms with Gasteiger partial charge in [0.05, 0.1) is 17.7 Å². The number of rotatable bonds is 4. The van der Waals surface area contributed by atoms with Crippen LogP contribution in [0, 0.1) is 5.82 Å². The smallest absolute Gasteiger partial charge is 0.266 e. The van der Waals surface area contributed by atoms with Crippen molar-refractivity contribution in [3.63, 3.8) is 0 Å². The van der Waals surface area contributed by atoms with Crippen LogP contribution in [0.5, 0.6) is 5.75 Å². The first-order chi connectivity index (χ1) is 12.1. The zero-order valence-corrected chi connectivity index (χ0v) is 14.7. The van der Waals surface area contributed by atoms with E-state index in [0.717, 1.165) is 17.0 Å². The number of nitrogens with zero attached hydrogens (tertiary/aromatic N) is 2. The van der Waals surface area contributed by atoms with Crippen LogP contribution in [0.1, 0.15) is 12.5 Å². The summed E-state index contributed by atoms with van der Waals surface area (Å²) in [5.74, 6) is 0.358. The van der Waals surface area contributed by atoms with Crippen LogP contribution >= 0.6 is 11.8 Å². The predicted molar refractivity (Wildman–Crippen MR) is 99.4 cm³/mol. The summed E-state index contributed by atoms with van der Waals surface area (Å²) in [6.45, 7) is 2.43. The minimum Gasteiger partial charge on any atom is -0.497 e. The Morgan fingerprint density at radius 2 is 1.84 bits per heavy atom. The summed E-state index contributed by atoms with van der Waals surface area (Å²) in [4.78, 5) is 19.3. The van der Waals surface area contributed by atoms with Gasteiger partial charge in [0.15, 0.2) is 5.17 Å². The highest BCUT2D eigenvalue weighted by molar-refractivity contribution is 8.18. The van der Waals surface area contributed by atoms with Gasteiger partial charge in [-0.1, -0.05) is 12.1 Å². The molecule has 1 fully saturated rings. The standard InChI is InChI=1S/C19H17FN2O2S/c1-3-22-18(23)17(12-13-4-6-14(20)7-5-13)25-19(22)21-15-8-10-16(24-2)11-9-15/h4-12H,3H2,1-2H3/b17-12-,21-19?. The van der Waals surface area contributed by atoms with Crippen molar-refractivity contribution in [2.45, 2.75) is 6.92 Å². The zero-order chi connectivity index (χ0) is 17.8. The fraction of sp³-hybridized carbons (Fsp3) is 0.158. The molecule has 0 bridgehead atoms. The van der Waals surface area contributed by atoms with E-state index in [4.69, 9.17) is 4.74 Å². The molecule has 25 heavy (non-hydrogen) atoms. The highest BCUT2D eigenvalue weighted by Gasteiger charge is 2.32. The van der Waals surface area contributed by atoms with Gasteiger partial charge in [0.2, 0.25) is 0 Å². The number of amidine groups is 1. The van der Waals surface area contributed by atoms with Gasteiger partial charge in [0, 0.05) is 6.54 Å². The number of halogens is 1. The monoisotopic (exact) mass is 356 g/mol. The van der Waals surface area contributed by atoms with Crippen LogP contribution in [0.3, 0.4) is 0 Å². The predicted octanol–water partition coefficient (Wildman–Crippen LogP) is 4.46. The highest BCUT2D eigenvalue weighted by Crippen LogP contribution is 2.34. The minimum absolute atomic E-state index is 0.0934. The van der Waals surface area contributed by atoms with E-state index < -0.39 is 0 Å². The van der Waals surface area contributed by atoms with Crippen molar-refractivity contribution in [1.82, 2.24) is 4.90 Å². The van der Waals surface area contributed by atoms with Crippen LogP contribution in [0.15, 0.2) is 58.4 Å². The van der Waals surface area contributed by atoms with Crippen molar-refractivity contribution in [1.29, 1.82) is 0 Å². The van der Waals surface area contributed by atoms with Crippen LogP contribution in [-0.2, 0) is 4.79 Å². The third-order valence-electron chi connectivity index (χ3n) is 3.67. The SMILES string of the molecule is CCN1C(=O)/C(=C/c2ccc(F)cc2)SC1=Nc1ccc(OC)cc1. The van der Waals surface area contributed by atoms with Gasteiger partial charge in [-0.2, -0.15) is 0 Å². The van der Waals surface area contributed by atoms with Crippen molar-refractivity contribution in [3.05, 3.63) is 64.8 Å². The van der Waals surface area contributed by atoms with E-state index in [1.54, 1.807) is 30.2 Å². The van der Waals surface area contributed by atoms with Crippen LogP contribution in [0.25, 0.3) is 6.08 Å². The third kappa shape index (κ3) is 3.91. The molecule has 1 aliphatic rings. The quantitative estimate of drug-likeness (QED) is 0.760. The van der Waals surface area contributed by atoms with Gasteiger partial charge in [-0.25, -0.2) is 9.38 Å². The number of methoxy groups -OCH3 is 1. The van der Waals surface area contributed by atoms with E-state index in [0.29, 0.717) is 16.6 Å². The van der Waals surface area contributed by atoms with Gasteiger partial charge in [0.1, 0.15) is 11.6 Å². The maximum absolute atomic E-state index is 13.0. The van der Waals surface area contributed by atoms with Crippen molar-refractivity contribution in [2.75, 3.05) is 13.7 Å². The maximum Gasteiger partial charge on any atom is 0.266 e. The van der Waals surface area contributed by atoms with E-state index in [1.165, 1.54) is 23.9 Å². The lowest BCUT2D eigenvalue weighted by Gasteiger charge is -2.12. The van der Waals surface area contributed by atoms with E-state index in [1.807, 2.05) is 31.2 Å². The van der Waals surface area contributed by atoms with Gasteiger partial charge < -0.3 is 4.74 Å². The average Bonchev–Trinajstić information content (AvgIpc) is 2.92. The summed E-state index contributed by atoms with van der Waals surface area (Å²) >= 11 is 1.32. The lowest BCUT2D eigenvalue weighted by molar-refractivity contribution is -0.122. The van der Waals surface area contributed by atoms with Gasteiger partial charge in [-0.3, -0.25) is 9.69 Å². The molecule has 1 aliphatic heterocycles. The molecule has 0 atom stereocenters. The van der Waals surface area contributed by atoms with Crippen LogP contribution in [0.2, 0.25) is 0 Å². The van der Waals surface area contributed by atoms with Crippen LogP contribution in [0.4, 0.5) is 10.1 Å². The molecular weight excluding hydrogens is 339 g/mol. The molecular formula is C19H17FN2O2S. The summed E-state index contributed by atoms with van der Waals surface area (Å²) in [5, 5.41) is 0.631. The number of benzene rings is 2. The molecule has 1 saturated heterocycles. The maximum atomic E-state index is 13.0. The Morgan fingerprint density at radius 1 is 1.16 bits per heavy atom. The fourth-order valence-electron chi connectivity index (χ4n) is 2.35. The van der Waals surface area contributed by atoms with E-state index in [2.05, 4.69) is 4.99 Å². The Hall–Kier alpha value is -2.60. The second-order valence-electron chi connectivity index (χ2n) is 5.30. The Bertz CT molecular complexity index is 830. The number of amides is 1. The first kappa shape index (κ1) is 17.2. The molecule has 128 valence electrons. The second-order valence-corrected chi connectivity index (χ2v) is 6.31. The lowest BCUT2D eigenvalue weighted by atomic mass is 10.2. The topological polar surface area (TPSA) is 41.9 Å². The number of thioether (sulfide) groups is 1. The molecule has 0 unspecified atom stereocenters. The Balaban J connectivity index is 1.88. The van der Waals surface area contributed by atoms with Gasteiger partial charge in [-0.05, 0) is 66.7 Å². The third-order valence-corrected chi connectivity index (χ3v) is 4.68. The summed E-state index contributed by atoms with van der Waals surface area (Å²) in [6, 6.07) is 13.4. The van der Waals surface area contributed by atoms with Crippen molar-refractivity contribution in [3.8, 4) is 5.75 Å². The Morgan fingerprint density at radius 3 is 2.44 bits per heavy atom. The average molecular weight is 356 g/mol. The molecule has 1 amide bonds. The summed E-state index contributed by atoms with van der Waals surface area (Å²) in [7, 11) is 1.61. The van der Waals surface area contributed by atoms with Crippen molar-refractivity contribution < 1.29 is 13.9 Å². The molecule has 6 heteroatoms. The van der Waals surface area contributed by atoms with Crippen molar-refractivity contribution in [2.24, 2.45) is 4.99 Å². The van der Waals surface area contributed by atoms with Gasteiger partial charge in [-0.15, -0.1) is 0 Å². The normalized spacial score (nSPS) is 17.6. The van der Waals surface area contributed by atoms with Crippen LogP contribution < -0.4 is 4.74 Å². The van der Waals surface area contributed by atoms with E-state index >= 15 is 0 Å². The second kappa shape index (κ2) is 7.53. The number of ether oxygens (including phenoxy) is 1. The fourth-order valence-corrected chi connectivity index (χ4v) is 3.41. The Kier molecular flexibility index (Phi) is 5.19. The van der Waals surface area contributed by atoms with Gasteiger partial charge >= 0.3 is 0 Å². The molecule has 4 nitrogen and oxygen atoms in total. The summed E-state index contributed by atoms with van der Waals surface area (Å²) in [6.07, 6.45) is 1.76. The molecule has 0 N–H and O–H groups in total. The number of hydrogen-bond donors (Lipinski definition) is 0. The largest absolute Gasteiger partial charge is 0.497 e. The number of carbonyl (C=O) groups is 1. The number of carbonyl (C=O) groups excluding carboxylic acids is 1.